The fourth-order valence-corrected chi connectivity index (χ4v) is 1.44. The predicted molar refractivity (Wildman–Crippen MR) is 81.5 cm³/mol. The molecule has 2 aromatic carbocycles. The van der Waals surface area contributed by atoms with Gasteiger partial charge in [0.15, 0.2) is 0 Å². The van der Waals surface area contributed by atoms with Crippen molar-refractivity contribution in [1.82, 2.24) is 0 Å². The molecular weight excluding hydrogens is 292 g/mol. The second kappa shape index (κ2) is 8.21. The summed E-state index contributed by atoms with van der Waals surface area (Å²) in [6, 6.07) is 18.1. The summed E-state index contributed by atoms with van der Waals surface area (Å²) in [6.45, 7) is 2.03. The fourth-order valence-electron chi connectivity index (χ4n) is 1.44. The van der Waals surface area contributed by atoms with E-state index in [0.717, 1.165) is 16.9 Å². The maximum atomic E-state index is 8.74. The lowest BCUT2D eigenvalue weighted by atomic mass is 10.2. The van der Waals surface area contributed by atoms with Crippen molar-refractivity contribution in [1.29, 1.82) is 0 Å². The van der Waals surface area contributed by atoms with Crippen LogP contribution in [0.15, 0.2) is 60.9 Å². The van der Waals surface area contributed by atoms with Gasteiger partial charge in [-0.2, -0.15) is 8.42 Å². The lowest BCUT2D eigenvalue weighted by Crippen LogP contribution is -1.89. The summed E-state index contributed by atoms with van der Waals surface area (Å²) in [5.74, 6) is 0.898. The summed E-state index contributed by atoms with van der Waals surface area (Å²) in [5.41, 5.74) is 2.27. The molecule has 0 unspecified atom stereocenters. The standard InChI is InChI=1S/C15H14O.H2O4S/c1-13-7-5-6-10-15(13)16-12-11-14-8-3-2-4-9-14;1-5(2,3)4/h2-12H,1H3;(H2,1,2,3,4). The molecule has 0 aliphatic carbocycles. The lowest BCUT2D eigenvalue weighted by Gasteiger charge is -2.02. The van der Waals surface area contributed by atoms with E-state index in [2.05, 4.69) is 0 Å². The first-order valence-electron chi connectivity index (χ1n) is 6.00. The third-order valence-corrected chi connectivity index (χ3v) is 2.35. The van der Waals surface area contributed by atoms with Crippen LogP contribution in [0, 0.1) is 6.92 Å². The average molecular weight is 308 g/mol. The SMILES string of the molecule is Cc1ccccc1OC=Cc1ccccc1.O=S(=O)(O)O. The Hall–Kier alpha value is -2.15. The van der Waals surface area contributed by atoms with Crippen molar-refractivity contribution in [3.63, 3.8) is 0 Å². The molecule has 2 aromatic rings. The van der Waals surface area contributed by atoms with Crippen LogP contribution in [-0.4, -0.2) is 17.5 Å². The highest BCUT2D eigenvalue weighted by Gasteiger charge is 1.93. The molecule has 112 valence electrons. The molecule has 0 bridgehead atoms. The van der Waals surface area contributed by atoms with Crippen LogP contribution in [-0.2, 0) is 10.4 Å². The van der Waals surface area contributed by atoms with Crippen LogP contribution in [0.5, 0.6) is 5.75 Å². The molecule has 0 aliphatic rings. The van der Waals surface area contributed by atoms with Crippen LogP contribution in [0.3, 0.4) is 0 Å². The van der Waals surface area contributed by atoms with E-state index in [1.165, 1.54) is 0 Å². The maximum Gasteiger partial charge on any atom is 0.394 e. The molecule has 0 saturated carbocycles. The molecule has 0 heterocycles. The Labute approximate surface area is 124 Å². The average Bonchev–Trinajstić information content (AvgIpc) is 2.40. The molecule has 0 aromatic heterocycles. The van der Waals surface area contributed by atoms with Crippen molar-refractivity contribution in [2.75, 3.05) is 0 Å². The van der Waals surface area contributed by atoms with E-state index in [1.54, 1.807) is 6.26 Å². The molecule has 0 atom stereocenters. The summed E-state index contributed by atoms with van der Waals surface area (Å²) in [5, 5.41) is 0. The largest absolute Gasteiger partial charge is 0.465 e. The first-order valence-corrected chi connectivity index (χ1v) is 7.40. The molecule has 0 amide bonds. The van der Waals surface area contributed by atoms with Gasteiger partial charge in [-0.25, -0.2) is 0 Å². The predicted octanol–water partition coefficient (Wildman–Crippen LogP) is 3.39. The monoisotopic (exact) mass is 308 g/mol. The smallest absolute Gasteiger partial charge is 0.394 e. The number of rotatable bonds is 3. The van der Waals surface area contributed by atoms with Crippen LogP contribution >= 0.6 is 0 Å². The second-order valence-corrected chi connectivity index (χ2v) is 4.94. The van der Waals surface area contributed by atoms with Crippen LogP contribution in [0.25, 0.3) is 6.08 Å². The van der Waals surface area contributed by atoms with E-state index < -0.39 is 10.4 Å². The molecule has 0 saturated heterocycles. The first kappa shape index (κ1) is 16.9. The highest BCUT2D eigenvalue weighted by molar-refractivity contribution is 7.79. The van der Waals surface area contributed by atoms with Gasteiger partial charge in [0.2, 0.25) is 0 Å². The van der Waals surface area contributed by atoms with Crippen LogP contribution in [0.2, 0.25) is 0 Å². The molecule has 2 rings (SSSR count). The van der Waals surface area contributed by atoms with Crippen molar-refractivity contribution in [2.24, 2.45) is 0 Å². The molecule has 0 fully saturated rings. The molecule has 0 spiro atoms. The van der Waals surface area contributed by atoms with Crippen LogP contribution in [0.1, 0.15) is 11.1 Å². The number of aryl methyl sites for hydroxylation is 1. The number of ether oxygens (including phenoxy) is 1. The van der Waals surface area contributed by atoms with Gasteiger partial charge in [-0.3, -0.25) is 9.11 Å². The van der Waals surface area contributed by atoms with Crippen LogP contribution < -0.4 is 4.74 Å². The zero-order valence-electron chi connectivity index (χ0n) is 11.4. The third-order valence-electron chi connectivity index (χ3n) is 2.35. The van der Waals surface area contributed by atoms with E-state index in [0.29, 0.717) is 0 Å². The van der Waals surface area contributed by atoms with E-state index in [-0.39, 0.29) is 0 Å². The Morgan fingerprint density at radius 2 is 1.48 bits per heavy atom. The zero-order valence-corrected chi connectivity index (χ0v) is 12.2. The molecular formula is C15H16O5S. The quantitative estimate of drug-likeness (QED) is 0.670. The van der Waals surface area contributed by atoms with E-state index >= 15 is 0 Å². The van der Waals surface area contributed by atoms with Gasteiger partial charge in [0.05, 0.1) is 6.26 Å². The number of hydrogen-bond acceptors (Lipinski definition) is 3. The third kappa shape index (κ3) is 8.59. The molecule has 0 aliphatic heterocycles. The Bertz CT molecular complexity index is 670. The minimum atomic E-state index is -4.67. The first-order chi connectivity index (χ1) is 9.86. The summed E-state index contributed by atoms with van der Waals surface area (Å²) < 4.78 is 37.1. The zero-order chi connectivity index (χ0) is 15.7. The summed E-state index contributed by atoms with van der Waals surface area (Å²) in [4.78, 5) is 0. The Morgan fingerprint density at radius 1 is 0.952 bits per heavy atom. The molecule has 2 N–H and O–H groups in total. The van der Waals surface area contributed by atoms with Gasteiger partial charge < -0.3 is 4.74 Å². The highest BCUT2D eigenvalue weighted by atomic mass is 32.3. The summed E-state index contributed by atoms with van der Waals surface area (Å²) in [6.07, 6.45) is 3.67. The van der Waals surface area contributed by atoms with Crippen molar-refractivity contribution in [2.45, 2.75) is 6.92 Å². The van der Waals surface area contributed by atoms with Crippen molar-refractivity contribution >= 4 is 16.5 Å². The van der Waals surface area contributed by atoms with Gasteiger partial charge in [0, 0.05) is 0 Å². The Morgan fingerprint density at radius 3 is 2.05 bits per heavy atom. The van der Waals surface area contributed by atoms with E-state index in [4.69, 9.17) is 22.3 Å². The van der Waals surface area contributed by atoms with Crippen LogP contribution in [0.4, 0.5) is 0 Å². The van der Waals surface area contributed by atoms with Crippen molar-refractivity contribution in [3.8, 4) is 5.75 Å². The topological polar surface area (TPSA) is 83.8 Å². The van der Waals surface area contributed by atoms with Gasteiger partial charge in [0.1, 0.15) is 5.75 Å². The fraction of sp³-hybridized carbons (Fsp3) is 0.0667. The van der Waals surface area contributed by atoms with Gasteiger partial charge in [-0.1, -0.05) is 48.5 Å². The minimum absolute atomic E-state index is 0.898. The molecule has 0 radical (unpaired) electrons. The van der Waals surface area contributed by atoms with Gasteiger partial charge in [-0.15, -0.1) is 0 Å². The minimum Gasteiger partial charge on any atom is -0.465 e. The van der Waals surface area contributed by atoms with Crippen molar-refractivity contribution in [3.05, 3.63) is 72.0 Å². The number of para-hydroxylation sites is 1. The Kier molecular flexibility index (Phi) is 6.61. The molecule has 5 nitrogen and oxygen atoms in total. The Balaban J connectivity index is 0.000000383. The van der Waals surface area contributed by atoms with Crippen molar-refractivity contribution < 1.29 is 22.3 Å². The normalized spacial score (nSPS) is 10.8. The number of hydrogen-bond donors (Lipinski definition) is 2. The van der Waals surface area contributed by atoms with Gasteiger partial charge in [0.25, 0.3) is 0 Å². The number of benzene rings is 2. The summed E-state index contributed by atoms with van der Waals surface area (Å²) >= 11 is 0. The summed E-state index contributed by atoms with van der Waals surface area (Å²) in [7, 11) is -4.67. The highest BCUT2D eigenvalue weighted by Crippen LogP contribution is 2.16. The van der Waals surface area contributed by atoms with Gasteiger partial charge >= 0.3 is 10.4 Å². The van der Waals surface area contributed by atoms with Gasteiger partial charge in [-0.05, 0) is 30.2 Å². The van der Waals surface area contributed by atoms with E-state index in [1.807, 2.05) is 67.6 Å². The van der Waals surface area contributed by atoms with E-state index in [9.17, 15) is 0 Å². The molecule has 21 heavy (non-hydrogen) atoms. The second-order valence-electron chi connectivity index (χ2n) is 4.04. The molecule has 6 heteroatoms. The lowest BCUT2D eigenvalue weighted by molar-refractivity contribution is 0.381. The maximum absolute atomic E-state index is 8.74.